The fourth-order valence-corrected chi connectivity index (χ4v) is 2.59. The molecule has 0 fully saturated rings. The van der Waals surface area contributed by atoms with Gasteiger partial charge in [0.1, 0.15) is 5.82 Å². The van der Waals surface area contributed by atoms with Crippen molar-refractivity contribution in [3.8, 4) is 11.6 Å². The summed E-state index contributed by atoms with van der Waals surface area (Å²) in [6.07, 6.45) is -2.80. The Hall–Kier alpha value is -3.30. The van der Waals surface area contributed by atoms with Gasteiger partial charge in [-0.15, -0.1) is 5.10 Å². The molecule has 7 nitrogen and oxygen atoms in total. The number of nitrogens with one attached hydrogen (secondary N) is 2. The third-order valence-electron chi connectivity index (χ3n) is 3.96. The Labute approximate surface area is 159 Å². The van der Waals surface area contributed by atoms with Crippen LogP contribution in [0.15, 0.2) is 52.1 Å². The Morgan fingerprint density at radius 3 is 2.61 bits per heavy atom. The quantitative estimate of drug-likeness (QED) is 0.514. The van der Waals surface area contributed by atoms with Crippen LogP contribution in [0.3, 0.4) is 0 Å². The summed E-state index contributed by atoms with van der Waals surface area (Å²) in [6, 6.07) is 8.57. The first-order valence-corrected chi connectivity index (χ1v) is 8.40. The minimum atomic E-state index is -4.34. The van der Waals surface area contributed by atoms with Gasteiger partial charge in [-0.05, 0) is 29.8 Å². The van der Waals surface area contributed by atoms with E-state index in [9.17, 15) is 13.2 Å². The molecule has 0 bridgehead atoms. The highest BCUT2D eigenvalue weighted by atomic mass is 19.4. The van der Waals surface area contributed by atoms with E-state index in [1.807, 2.05) is 0 Å². The zero-order chi connectivity index (χ0) is 20.1. The first kappa shape index (κ1) is 19.5. The summed E-state index contributed by atoms with van der Waals surface area (Å²) in [4.78, 5) is 10.3. The topological polar surface area (TPSA) is 82.3 Å². The summed E-state index contributed by atoms with van der Waals surface area (Å²) >= 11 is 0. The molecule has 148 valence electrons. The predicted octanol–water partition coefficient (Wildman–Crippen LogP) is 3.29. The average Bonchev–Trinajstić information content (AvgIpc) is 3.33. The Balaban J connectivity index is 1.57. The Kier molecular flexibility index (Phi) is 5.67. The van der Waals surface area contributed by atoms with Gasteiger partial charge in [-0.1, -0.05) is 12.1 Å². The molecule has 3 rings (SSSR count). The Bertz CT molecular complexity index is 916. The molecule has 2 heterocycles. The van der Waals surface area contributed by atoms with E-state index >= 15 is 0 Å². The number of furan rings is 1. The van der Waals surface area contributed by atoms with Crippen LogP contribution in [0.4, 0.5) is 13.2 Å². The first-order valence-electron chi connectivity index (χ1n) is 8.40. The van der Waals surface area contributed by atoms with Crippen LogP contribution in [-0.4, -0.2) is 40.1 Å². The second-order valence-corrected chi connectivity index (χ2v) is 6.03. The lowest BCUT2D eigenvalue weighted by Gasteiger charge is -2.22. The van der Waals surface area contributed by atoms with Crippen LogP contribution in [0.2, 0.25) is 0 Å². The minimum absolute atomic E-state index is 0.345. The third-order valence-corrected chi connectivity index (χ3v) is 3.96. The van der Waals surface area contributed by atoms with E-state index in [-0.39, 0.29) is 0 Å². The van der Waals surface area contributed by atoms with Gasteiger partial charge >= 0.3 is 6.18 Å². The number of hydrogen-bond acceptors (Lipinski definition) is 4. The van der Waals surface area contributed by atoms with E-state index in [4.69, 9.17) is 4.42 Å². The van der Waals surface area contributed by atoms with Crippen LogP contribution in [0.1, 0.15) is 17.0 Å². The minimum Gasteiger partial charge on any atom is -0.461 e. The van der Waals surface area contributed by atoms with Gasteiger partial charge in [0.15, 0.2) is 11.7 Å². The van der Waals surface area contributed by atoms with Gasteiger partial charge in [0.2, 0.25) is 5.82 Å². The lowest BCUT2D eigenvalue weighted by atomic mass is 10.1. The molecule has 0 aliphatic heterocycles. The van der Waals surface area contributed by atoms with Crippen LogP contribution in [-0.2, 0) is 19.3 Å². The normalized spacial score (nSPS) is 12.2. The number of aliphatic imine (C=N–C) groups is 1. The van der Waals surface area contributed by atoms with Crippen LogP contribution in [0, 0.1) is 0 Å². The van der Waals surface area contributed by atoms with Crippen molar-refractivity contribution in [3.63, 3.8) is 0 Å². The van der Waals surface area contributed by atoms with Crippen LogP contribution in [0.5, 0.6) is 0 Å². The van der Waals surface area contributed by atoms with Gasteiger partial charge in [-0.25, -0.2) is 4.98 Å². The predicted molar refractivity (Wildman–Crippen MR) is 97.2 cm³/mol. The highest BCUT2D eigenvalue weighted by Crippen LogP contribution is 2.29. The molecular formula is C18H19F3N6O. The number of aromatic nitrogens is 3. The summed E-state index contributed by atoms with van der Waals surface area (Å²) < 4.78 is 43.2. The van der Waals surface area contributed by atoms with E-state index in [0.29, 0.717) is 36.5 Å². The smallest absolute Gasteiger partial charge is 0.416 e. The van der Waals surface area contributed by atoms with E-state index in [2.05, 4.69) is 25.5 Å². The lowest BCUT2D eigenvalue weighted by Crippen LogP contribution is -2.38. The van der Waals surface area contributed by atoms with E-state index in [0.717, 1.165) is 17.7 Å². The van der Waals surface area contributed by atoms with Gasteiger partial charge < -0.3 is 14.6 Å². The van der Waals surface area contributed by atoms with E-state index in [1.54, 1.807) is 37.4 Å². The van der Waals surface area contributed by atoms with E-state index < -0.39 is 11.7 Å². The van der Waals surface area contributed by atoms with Crippen molar-refractivity contribution >= 4 is 5.96 Å². The molecule has 3 aromatic rings. The van der Waals surface area contributed by atoms with Gasteiger partial charge in [0.05, 0.1) is 18.4 Å². The fourth-order valence-electron chi connectivity index (χ4n) is 2.59. The molecule has 2 aromatic heterocycles. The summed E-state index contributed by atoms with van der Waals surface area (Å²) in [5.74, 6) is 2.17. The van der Waals surface area contributed by atoms with E-state index in [1.165, 1.54) is 12.1 Å². The maximum absolute atomic E-state index is 12.7. The number of hydrogen-bond donors (Lipinski definition) is 2. The molecule has 0 aliphatic rings. The SMILES string of the molecule is CN=C(NCc1nc(-c2ccco2)n[nH]1)N(C)Cc1ccc(C(F)(F)F)cc1. The van der Waals surface area contributed by atoms with Crippen molar-refractivity contribution < 1.29 is 17.6 Å². The number of guanidine groups is 1. The zero-order valence-corrected chi connectivity index (χ0v) is 15.3. The molecule has 0 saturated carbocycles. The molecule has 0 atom stereocenters. The maximum Gasteiger partial charge on any atom is 0.416 e. The highest BCUT2D eigenvalue weighted by molar-refractivity contribution is 5.79. The Morgan fingerprint density at radius 2 is 2.00 bits per heavy atom. The standard InChI is InChI=1S/C18H19F3N6O/c1-22-17(23-10-15-24-16(26-25-15)14-4-3-9-28-14)27(2)11-12-5-7-13(8-6-12)18(19,20)21/h3-9H,10-11H2,1-2H3,(H,22,23)(H,24,25,26). The van der Waals surface area contributed by atoms with Gasteiger partial charge in [0, 0.05) is 20.6 Å². The molecule has 0 unspecified atom stereocenters. The van der Waals surface area contributed by atoms with Crippen molar-refractivity contribution in [1.29, 1.82) is 0 Å². The molecule has 1 aromatic carbocycles. The summed E-state index contributed by atoms with van der Waals surface area (Å²) in [5.41, 5.74) is 0.0670. The fraction of sp³-hybridized carbons (Fsp3) is 0.278. The zero-order valence-electron chi connectivity index (χ0n) is 15.3. The number of H-pyrrole nitrogens is 1. The molecule has 0 spiro atoms. The second-order valence-electron chi connectivity index (χ2n) is 6.03. The summed E-state index contributed by atoms with van der Waals surface area (Å²) in [6.45, 7) is 0.740. The monoisotopic (exact) mass is 392 g/mol. The largest absolute Gasteiger partial charge is 0.461 e. The van der Waals surface area contributed by atoms with Gasteiger partial charge in [0.25, 0.3) is 0 Å². The van der Waals surface area contributed by atoms with Crippen LogP contribution >= 0.6 is 0 Å². The first-order chi connectivity index (χ1) is 13.4. The molecule has 0 amide bonds. The number of nitrogens with zero attached hydrogens (tertiary/aromatic N) is 4. The number of alkyl halides is 3. The van der Waals surface area contributed by atoms with Gasteiger partial charge in [-0.2, -0.15) is 13.2 Å². The molecule has 2 N–H and O–H groups in total. The summed E-state index contributed by atoms with van der Waals surface area (Å²) in [5, 5.41) is 10.0. The number of rotatable bonds is 5. The third kappa shape index (κ3) is 4.70. The van der Waals surface area contributed by atoms with Gasteiger partial charge in [-0.3, -0.25) is 10.1 Å². The van der Waals surface area contributed by atoms with Crippen molar-refractivity contribution in [1.82, 2.24) is 25.4 Å². The van der Waals surface area contributed by atoms with Crippen molar-refractivity contribution in [2.45, 2.75) is 19.3 Å². The average molecular weight is 392 g/mol. The van der Waals surface area contributed by atoms with Crippen LogP contribution < -0.4 is 5.32 Å². The maximum atomic E-state index is 12.7. The second kappa shape index (κ2) is 8.15. The number of aromatic amines is 1. The molecule has 0 radical (unpaired) electrons. The van der Waals surface area contributed by atoms with Crippen molar-refractivity contribution in [2.75, 3.05) is 14.1 Å². The number of benzene rings is 1. The van der Waals surface area contributed by atoms with Crippen molar-refractivity contribution in [2.24, 2.45) is 4.99 Å². The molecular weight excluding hydrogens is 373 g/mol. The highest BCUT2D eigenvalue weighted by Gasteiger charge is 2.29. The molecule has 28 heavy (non-hydrogen) atoms. The Morgan fingerprint density at radius 1 is 1.25 bits per heavy atom. The molecule has 0 saturated heterocycles. The molecule has 10 heteroatoms. The lowest BCUT2D eigenvalue weighted by molar-refractivity contribution is -0.137. The molecule has 0 aliphatic carbocycles. The van der Waals surface area contributed by atoms with Crippen molar-refractivity contribution in [3.05, 3.63) is 59.6 Å². The van der Waals surface area contributed by atoms with Crippen LogP contribution in [0.25, 0.3) is 11.6 Å². The summed E-state index contributed by atoms with van der Waals surface area (Å²) in [7, 11) is 3.42. The number of halogens is 3.